The highest BCUT2D eigenvalue weighted by Crippen LogP contribution is 2.33. The van der Waals surface area contributed by atoms with E-state index in [2.05, 4.69) is 9.97 Å². The topological polar surface area (TPSA) is 81.3 Å². The van der Waals surface area contributed by atoms with Crippen LogP contribution in [0.1, 0.15) is 6.42 Å². The minimum Gasteiger partial charge on any atom is -0.490 e. The normalized spacial score (nSPS) is 20.3. The van der Waals surface area contributed by atoms with Crippen LogP contribution in [0.2, 0.25) is 5.15 Å². The molecule has 0 aromatic carbocycles. The Kier molecular flexibility index (Phi) is 2.93. The molecule has 1 aromatic heterocycles. The van der Waals surface area contributed by atoms with Crippen molar-refractivity contribution in [3.8, 4) is 5.75 Å². The molecule has 0 radical (unpaired) electrons. The first kappa shape index (κ1) is 11.1. The van der Waals surface area contributed by atoms with Crippen LogP contribution in [0.25, 0.3) is 0 Å². The lowest BCUT2D eigenvalue weighted by molar-refractivity contribution is -0.117. The van der Waals surface area contributed by atoms with Crippen LogP contribution in [0.15, 0.2) is 6.33 Å². The number of nitrogens with zero attached hydrogens (tertiary/aromatic N) is 3. The Morgan fingerprint density at radius 1 is 1.62 bits per heavy atom. The fourth-order valence-corrected chi connectivity index (χ4v) is 1.86. The monoisotopic (exact) mass is 242 g/mol. The molecule has 1 aromatic rings. The van der Waals surface area contributed by atoms with Gasteiger partial charge in [0.15, 0.2) is 16.7 Å². The van der Waals surface area contributed by atoms with E-state index in [1.165, 1.54) is 18.3 Å². The van der Waals surface area contributed by atoms with E-state index in [-0.39, 0.29) is 17.1 Å². The second-order valence-corrected chi connectivity index (χ2v) is 3.85. The number of hydrogen-bond donors (Lipinski definition) is 1. The minimum atomic E-state index is -0.175. The highest BCUT2D eigenvalue weighted by molar-refractivity contribution is 6.31. The smallest absolute Gasteiger partial charge is 0.229 e. The summed E-state index contributed by atoms with van der Waals surface area (Å²) >= 11 is 5.85. The zero-order valence-electron chi connectivity index (χ0n) is 8.68. The molecule has 1 unspecified atom stereocenters. The molecule has 1 saturated heterocycles. The first-order valence-corrected chi connectivity index (χ1v) is 5.11. The Balaban J connectivity index is 2.40. The first-order chi connectivity index (χ1) is 7.63. The van der Waals surface area contributed by atoms with Gasteiger partial charge in [-0.2, -0.15) is 0 Å². The van der Waals surface area contributed by atoms with Gasteiger partial charge in [0.2, 0.25) is 5.91 Å². The highest BCUT2D eigenvalue weighted by atomic mass is 35.5. The van der Waals surface area contributed by atoms with Crippen LogP contribution in [0.3, 0.4) is 0 Å². The molecule has 1 amide bonds. The van der Waals surface area contributed by atoms with Gasteiger partial charge in [0, 0.05) is 19.0 Å². The molecule has 2 heterocycles. The lowest BCUT2D eigenvalue weighted by atomic mass is 10.3. The Morgan fingerprint density at radius 2 is 2.38 bits per heavy atom. The summed E-state index contributed by atoms with van der Waals surface area (Å²) in [5, 5.41) is 0.181. The summed E-state index contributed by atoms with van der Waals surface area (Å²) < 4.78 is 5.08. The van der Waals surface area contributed by atoms with Crippen LogP contribution in [0.4, 0.5) is 5.82 Å². The second-order valence-electron chi connectivity index (χ2n) is 3.49. The number of ether oxygens (including phenoxy) is 1. The van der Waals surface area contributed by atoms with Crippen molar-refractivity contribution in [1.29, 1.82) is 0 Å². The van der Waals surface area contributed by atoms with E-state index in [4.69, 9.17) is 22.1 Å². The third-order valence-electron chi connectivity index (χ3n) is 2.36. The molecule has 0 spiro atoms. The summed E-state index contributed by atoms with van der Waals surface area (Å²) in [6.45, 7) is 0.419. The van der Waals surface area contributed by atoms with E-state index < -0.39 is 0 Å². The van der Waals surface area contributed by atoms with Crippen molar-refractivity contribution in [2.45, 2.75) is 12.5 Å². The second kappa shape index (κ2) is 4.23. The van der Waals surface area contributed by atoms with Crippen molar-refractivity contribution in [3.63, 3.8) is 0 Å². The molecule has 1 aliphatic rings. The summed E-state index contributed by atoms with van der Waals surface area (Å²) in [6, 6.07) is -0.175. The average Bonchev–Trinajstić information content (AvgIpc) is 2.57. The highest BCUT2D eigenvalue weighted by Gasteiger charge is 2.31. The number of carbonyl (C=O) groups excluding carboxylic acids is 1. The summed E-state index contributed by atoms with van der Waals surface area (Å²) in [4.78, 5) is 20.9. The van der Waals surface area contributed by atoms with Gasteiger partial charge in [-0.1, -0.05) is 11.6 Å². The van der Waals surface area contributed by atoms with Gasteiger partial charge < -0.3 is 10.5 Å². The molecular weight excluding hydrogens is 232 g/mol. The summed E-state index contributed by atoms with van der Waals surface area (Å²) in [5.74, 6) is 0.590. The van der Waals surface area contributed by atoms with Crippen molar-refractivity contribution in [2.24, 2.45) is 5.73 Å². The number of rotatable bonds is 2. The molecule has 2 rings (SSSR count). The number of amides is 1. The van der Waals surface area contributed by atoms with Gasteiger partial charge in [-0.05, 0) is 0 Å². The molecule has 7 heteroatoms. The van der Waals surface area contributed by atoms with Crippen LogP contribution in [0.5, 0.6) is 5.75 Å². The molecule has 1 atom stereocenters. The maximum absolute atomic E-state index is 11.7. The van der Waals surface area contributed by atoms with Gasteiger partial charge in [0.1, 0.15) is 6.33 Å². The van der Waals surface area contributed by atoms with Gasteiger partial charge in [0.25, 0.3) is 0 Å². The van der Waals surface area contributed by atoms with E-state index in [1.807, 2.05) is 0 Å². The predicted molar refractivity (Wildman–Crippen MR) is 58.5 cm³/mol. The molecule has 0 aliphatic carbocycles. The quantitative estimate of drug-likeness (QED) is 0.750. The van der Waals surface area contributed by atoms with Gasteiger partial charge in [-0.3, -0.25) is 9.69 Å². The van der Waals surface area contributed by atoms with E-state index in [9.17, 15) is 4.79 Å². The fourth-order valence-electron chi connectivity index (χ4n) is 1.65. The van der Waals surface area contributed by atoms with Crippen LogP contribution in [-0.2, 0) is 4.79 Å². The third-order valence-corrected chi connectivity index (χ3v) is 2.63. The fraction of sp³-hybridized carbons (Fsp3) is 0.444. The summed E-state index contributed by atoms with van der Waals surface area (Å²) in [6.07, 6.45) is 1.60. The number of anilines is 1. The lowest BCUT2D eigenvalue weighted by Gasteiger charge is -2.17. The summed E-state index contributed by atoms with van der Waals surface area (Å²) in [5.41, 5.74) is 5.70. The van der Waals surface area contributed by atoms with E-state index in [1.54, 1.807) is 0 Å². The largest absolute Gasteiger partial charge is 0.490 e. The lowest BCUT2D eigenvalue weighted by Crippen LogP contribution is -2.29. The molecule has 1 aliphatic heterocycles. The Hall–Kier alpha value is -1.40. The van der Waals surface area contributed by atoms with Gasteiger partial charge in [-0.25, -0.2) is 9.97 Å². The number of halogens is 1. The third kappa shape index (κ3) is 1.81. The van der Waals surface area contributed by atoms with Crippen molar-refractivity contribution in [1.82, 2.24) is 9.97 Å². The summed E-state index contributed by atoms with van der Waals surface area (Å²) in [7, 11) is 1.45. The molecule has 1 fully saturated rings. The number of methoxy groups -OCH3 is 1. The van der Waals surface area contributed by atoms with Gasteiger partial charge in [-0.15, -0.1) is 0 Å². The van der Waals surface area contributed by atoms with Crippen LogP contribution in [0, 0.1) is 0 Å². The van der Waals surface area contributed by atoms with E-state index in [0.29, 0.717) is 24.5 Å². The van der Waals surface area contributed by atoms with Gasteiger partial charge in [0.05, 0.1) is 7.11 Å². The number of nitrogens with two attached hydrogens (primary N) is 1. The van der Waals surface area contributed by atoms with Crippen molar-refractivity contribution in [2.75, 3.05) is 18.6 Å². The van der Waals surface area contributed by atoms with E-state index >= 15 is 0 Å². The zero-order valence-corrected chi connectivity index (χ0v) is 9.44. The van der Waals surface area contributed by atoms with Gasteiger partial charge >= 0.3 is 0 Å². The van der Waals surface area contributed by atoms with Crippen molar-refractivity contribution in [3.05, 3.63) is 11.5 Å². The van der Waals surface area contributed by atoms with Crippen molar-refractivity contribution >= 4 is 23.3 Å². The molecular formula is C9H11ClN4O2. The maximum Gasteiger partial charge on any atom is 0.229 e. The predicted octanol–water partition coefficient (Wildman–Crippen LogP) is 0.203. The first-order valence-electron chi connectivity index (χ1n) is 4.74. The Labute approximate surface area is 97.4 Å². The van der Waals surface area contributed by atoms with Crippen LogP contribution >= 0.6 is 11.6 Å². The molecule has 86 valence electrons. The van der Waals surface area contributed by atoms with E-state index in [0.717, 1.165) is 0 Å². The van der Waals surface area contributed by atoms with Crippen LogP contribution < -0.4 is 15.4 Å². The minimum absolute atomic E-state index is 0.0828. The zero-order chi connectivity index (χ0) is 11.7. The number of aromatic nitrogens is 2. The Bertz CT molecular complexity index is 426. The standard InChI is InChI=1S/C9H11ClN4O2/c1-16-7-8(10)12-4-13-9(7)14-3-5(11)2-6(14)15/h4-5H,2-3,11H2,1H3. The molecule has 2 N–H and O–H groups in total. The molecule has 0 bridgehead atoms. The number of carbonyl (C=O) groups is 1. The molecule has 16 heavy (non-hydrogen) atoms. The average molecular weight is 243 g/mol. The van der Waals surface area contributed by atoms with Crippen LogP contribution in [-0.4, -0.2) is 35.6 Å². The number of hydrogen-bond acceptors (Lipinski definition) is 5. The molecule has 6 nitrogen and oxygen atoms in total. The maximum atomic E-state index is 11.7. The SMILES string of the molecule is COc1c(Cl)ncnc1N1CC(N)CC1=O. The molecule has 0 saturated carbocycles. The van der Waals surface area contributed by atoms with Crippen molar-refractivity contribution < 1.29 is 9.53 Å². The Morgan fingerprint density at radius 3 is 2.94 bits per heavy atom.